The van der Waals surface area contributed by atoms with Gasteiger partial charge in [0.15, 0.2) is 0 Å². The Labute approximate surface area is 113 Å². The van der Waals surface area contributed by atoms with Crippen LogP contribution in [0.2, 0.25) is 0 Å². The number of amides is 1. The Morgan fingerprint density at radius 2 is 2.21 bits per heavy atom. The molecule has 0 saturated heterocycles. The molecule has 0 aliphatic rings. The van der Waals surface area contributed by atoms with E-state index in [1.165, 1.54) is 6.07 Å². The van der Waals surface area contributed by atoms with Crippen molar-refractivity contribution in [2.75, 3.05) is 26.8 Å². The molecule has 5 heteroatoms. The normalized spacial score (nSPS) is 9.95. The van der Waals surface area contributed by atoms with Gasteiger partial charge in [0.1, 0.15) is 5.75 Å². The zero-order chi connectivity index (χ0) is 14.3. The van der Waals surface area contributed by atoms with E-state index in [1.54, 1.807) is 31.1 Å². The Morgan fingerprint density at radius 3 is 2.79 bits per heavy atom. The van der Waals surface area contributed by atoms with Crippen LogP contribution in [0.3, 0.4) is 0 Å². The van der Waals surface area contributed by atoms with Crippen molar-refractivity contribution in [2.24, 2.45) is 0 Å². The molecule has 0 radical (unpaired) electrons. The fraction of sp³-hybridized carbons (Fsp3) is 0.429. The average Bonchev–Trinajstić information content (AvgIpc) is 2.41. The minimum absolute atomic E-state index is 0.0952. The van der Waals surface area contributed by atoms with E-state index in [2.05, 4.69) is 0 Å². The van der Waals surface area contributed by atoms with Gasteiger partial charge < -0.3 is 14.7 Å². The molecule has 0 atom stereocenters. The zero-order valence-corrected chi connectivity index (χ0v) is 11.2. The minimum atomic E-state index is -0.206. The second kappa shape index (κ2) is 7.39. The quantitative estimate of drug-likeness (QED) is 0.846. The number of aromatic hydroxyl groups is 1. The van der Waals surface area contributed by atoms with E-state index < -0.39 is 0 Å². The van der Waals surface area contributed by atoms with Gasteiger partial charge in [0, 0.05) is 25.8 Å². The fourth-order valence-corrected chi connectivity index (χ4v) is 1.63. The monoisotopic (exact) mass is 262 g/mol. The second-order valence-electron chi connectivity index (χ2n) is 4.19. The summed E-state index contributed by atoms with van der Waals surface area (Å²) in [7, 11) is 1.56. The summed E-state index contributed by atoms with van der Waals surface area (Å²) < 4.78 is 4.95. The third kappa shape index (κ3) is 4.27. The van der Waals surface area contributed by atoms with Crippen LogP contribution in [0.15, 0.2) is 18.2 Å². The van der Waals surface area contributed by atoms with E-state index in [4.69, 9.17) is 10.00 Å². The van der Waals surface area contributed by atoms with Crippen LogP contribution in [-0.4, -0.2) is 42.7 Å². The number of phenolic OH excluding ortho intramolecular Hbond substituents is 1. The van der Waals surface area contributed by atoms with Crippen molar-refractivity contribution in [3.05, 3.63) is 29.3 Å². The van der Waals surface area contributed by atoms with Gasteiger partial charge in [0.05, 0.1) is 19.1 Å². The van der Waals surface area contributed by atoms with Gasteiger partial charge >= 0.3 is 0 Å². The molecule has 0 aromatic heterocycles. The number of carbonyl (C=O) groups excluding carboxylic acids is 1. The molecule has 0 aliphatic carbocycles. The third-order valence-electron chi connectivity index (χ3n) is 2.80. The molecule has 0 aliphatic heterocycles. The number of aryl methyl sites for hydroxylation is 1. The highest BCUT2D eigenvalue weighted by Gasteiger charge is 2.16. The highest BCUT2D eigenvalue weighted by atomic mass is 16.5. The molecule has 0 saturated carbocycles. The third-order valence-corrected chi connectivity index (χ3v) is 2.80. The van der Waals surface area contributed by atoms with Gasteiger partial charge in [-0.2, -0.15) is 5.26 Å². The van der Waals surface area contributed by atoms with Crippen LogP contribution in [0.4, 0.5) is 0 Å². The number of hydrogen-bond donors (Lipinski definition) is 1. The molecule has 5 nitrogen and oxygen atoms in total. The molecule has 19 heavy (non-hydrogen) atoms. The lowest BCUT2D eigenvalue weighted by Crippen LogP contribution is -2.34. The summed E-state index contributed by atoms with van der Waals surface area (Å²) in [4.78, 5) is 13.8. The number of rotatable bonds is 6. The standard InChI is InChI=1S/C14H18N2O3/c1-11-4-5-12(10-13(11)17)14(18)16(7-3-6-15)8-9-19-2/h4-5,10,17H,3,7-9H2,1-2H3. The number of nitrogens with zero attached hydrogens (tertiary/aromatic N) is 2. The molecule has 0 spiro atoms. The van der Waals surface area contributed by atoms with E-state index >= 15 is 0 Å². The van der Waals surface area contributed by atoms with Crippen LogP contribution < -0.4 is 0 Å². The first-order valence-corrected chi connectivity index (χ1v) is 6.05. The first kappa shape index (κ1) is 15.0. The lowest BCUT2D eigenvalue weighted by Gasteiger charge is -2.21. The van der Waals surface area contributed by atoms with E-state index in [-0.39, 0.29) is 18.1 Å². The van der Waals surface area contributed by atoms with Gasteiger partial charge in [-0.05, 0) is 24.6 Å². The van der Waals surface area contributed by atoms with Gasteiger partial charge in [0.2, 0.25) is 0 Å². The van der Waals surface area contributed by atoms with Gasteiger partial charge in [-0.1, -0.05) is 6.07 Å². The van der Waals surface area contributed by atoms with Gasteiger partial charge in [-0.15, -0.1) is 0 Å². The minimum Gasteiger partial charge on any atom is -0.508 e. The predicted molar refractivity (Wildman–Crippen MR) is 70.9 cm³/mol. The van der Waals surface area contributed by atoms with Crippen molar-refractivity contribution < 1.29 is 14.6 Å². The summed E-state index contributed by atoms with van der Waals surface area (Å²) in [5.74, 6) is -0.111. The van der Waals surface area contributed by atoms with Crippen LogP contribution >= 0.6 is 0 Å². The Hall–Kier alpha value is -2.06. The fourth-order valence-electron chi connectivity index (χ4n) is 1.63. The summed E-state index contributed by atoms with van der Waals surface area (Å²) in [5, 5.41) is 18.2. The van der Waals surface area contributed by atoms with Crippen LogP contribution in [0.5, 0.6) is 5.75 Å². The molecule has 0 bridgehead atoms. The van der Waals surface area contributed by atoms with Crippen LogP contribution in [0, 0.1) is 18.3 Å². The molecular formula is C14H18N2O3. The Morgan fingerprint density at radius 1 is 1.47 bits per heavy atom. The van der Waals surface area contributed by atoms with E-state index in [0.717, 1.165) is 5.56 Å². The molecule has 1 amide bonds. The largest absolute Gasteiger partial charge is 0.508 e. The van der Waals surface area contributed by atoms with Crippen LogP contribution in [0.1, 0.15) is 22.3 Å². The topological polar surface area (TPSA) is 73.6 Å². The Bertz CT molecular complexity index is 480. The van der Waals surface area contributed by atoms with Crippen LogP contribution in [-0.2, 0) is 4.74 Å². The lowest BCUT2D eigenvalue weighted by atomic mass is 10.1. The number of carbonyl (C=O) groups is 1. The van der Waals surface area contributed by atoms with E-state index in [1.807, 2.05) is 6.07 Å². The zero-order valence-electron chi connectivity index (χ0n) is 11.2. The highest BCUT2D eigenvalue weighted by Crippen LogP contribution is 2.18. The number of nitriles is 1. The summed E-state index contributed by atoms with van der Waals surface area (Å²) in [5.41, 5.74) is 1.13. The van der Waals surface area contributed by atoms with Crippen molar-refractivity contribution in [1.29, 1.82) is 5.26 Å². The molecule has 1 rings (SSSR count). The Balaban J connectivity index is 2.84. The van der Waals surface area contributed by atoms with Crippen molar-refractivity contribution in [3.8, 4) is 11.8 Å². The first-order valence-electron chi connectivity index (χ1n) is 6.05. The highest BCUT2D eigenvalue weighted by molar-refractivity contribution is 5.94. The number of hydrogen-bond acceptors (Lipinski definition) is 4. The lowest BCUT2D eigenvalue weighted by molar-refractivity contribution is 0.0699. The summed E-state index contributed by atoms with van der Waals surface area (Å²) in [6.45, 7) is 2.95. The van der Waals surface area contributed by atoms with Crippen molar-refractivity contribution in [3.63, 3.8) is 0 Å². The molecule has 1 N–H and O–H groups in total. The summed E-state index contributed by atoms with van der Waals surface area (Å²) in [6.07, 6.45) is 0.271. The first-order chi connectivity index (χ1) is 9.10. The SMILES string of the molecule is COCCN(CCC#N)C(=O)c1ccc(C)c(O)c1. The van der Waals surface area contributed by atoms with Crippen LogP contribution in [0.25, 0.3) is 0 Å². The van der Waals surface area contributed by atoms with E-state index in [9.17, 15) is 9.90 Å². The maximum atomic E-state index is 12.3. The van der Waals surface area contributed by atoms with Gasteiger partial charge in [-0.3, -0.25) is 4.79 Å². The molecule has 1 aromatic rings. The molecule has 0 fully saturated rings. The van der Waals surface area contributed by atoms with E-state index in [0.29, 0.717) is 25.3 Å². The number of benzene rings is 1. The summed E-state index contributed by atoms with van der Waals surface area (Å²) in [6, 6.07) is 6.83. The Kier molecular flexibility index (Phi) is 5.83. The smallest absolute Gasteiger partial charge is 0.254 e. The number of phenols is 1. The van der Waals surface area contributed by atoms with Crippen molar-refractivity contribution in [2.45, 2.75) is 13.3 Å². The second-order valence-corrected chi connectivity index (χ2v) is 4.19. The maximum Gasteiger partial charge on any atom is 0.254 e. The van der Waals surface area contributed by atoms with Gasteiger partial charge in [0.25, 0.3) is 5.91 Å². The predicted octanol–water partition coefficient (Wildman–Crippen LogP) is 1.70. The van der Waals surface area contributed by atoms with Crippen molar-refractivity contribution >= 4 is 5.91 Å². The molecule has 1 aromatic carbocycles. The average molecular weight is 262 g/mol. The molecule has 102 valence electrons. The number of ether oxygens (including phenoxy) is 1. The van der Waals surface area contributed by atoms with Crippen molar-refractivity contribution in [1.82, 2.24) is 4.90 Å². The summed E-state index contributed by atoms with van der Waals surface area (Å²) >= 11 is 0. The molecule has 0 heterocycles. The van der Waals surface area contributed by atoms with Gasteiger partial charge in [-0.25, -0.2) is 0 Å². The molecule has 0 unspecified atom stereocenters. The molecular weight excluding hydrogens is 244 g/mol. The maximum absolute atomic E-state index is 12.3. The number of methoxy groups -OCH3 is 1.